The van der Waals surface area contributed by atoms with Gasteiger partial charge in [-0.2, -0.15) is 0 Å². The van der Waals surface area contributed by atoms with Crippen molar-refractivity contribution in [1.29, 1.82) is 0 Å². The van der Waals surface area contributed by atoms with Crippen LogP contribution in [-0.2, 0) is 4.74 Å². The third-order valence-electron chi connectivity index (χ3n) is 3.20. The first-order valence-electron chi connectivity index (χ1n) is 7.79. The third kappa shape index (κ3) is 7.30. The van der Waals surface area contributed by atoms with Crippen LogP contribution in [0.1, 0.15) is 45.6 Å². The van der Waals surface area contributed by atoms with Crippen molar-refractivity contribution in [2.45, 2.75) is 46.1 Å². The molecular formula is C17H28BrNO2. The Labute approximate surface area is 137 Å². The average Bonchev–Trinajstić information content (AvgIpc) is 2.44. The van der Waals surface area contributed by atoms with Gasteiger partial charge in [0.2, 0.25) is 0 Å². The maximum atomic E-state index is 6.07. The monoisotopic (exact) mass is 357 g/mol. The summed E-state index contributed by atoms with van der Waals surface area (Å²) in [4.78, 5) is 0. The van der Waals surface area contributed by atoms with Crippen LogP contribution in [0.15, 0.2) is 22.7 Å². The predicted molar refractivity (Wildman–Crippen MR) is 92.3 cm³/mol. The van der Waals surface area contributed by atoms with Crippen molar-refractivity contribution in [3.05, 3.63) is 28.2 Å². The molecule has 0 spiro atoms. The summed E-state index contributed by atoms with van der Waals surface area (Å²) in [6.45, 7) is 11.9. The molecule has 0 bridgehead atoms. The van der Waals surface area contributed by atoms with Crippen LogP contribution in [-0.4, -0.2) is 32.4 Å². The Bertz CT molecular complexity index is 410. The van der Waals surface area contributed by atoms with E-state index in [-0.39, 0.29) is 6.10 Å². The van der Waals surface area contributed by atoms with Gasteiger partial charge in [0, 0.05) is 24.2 Å². The van der Waals surface area contributed by atoms with E-state index < -0.39 is 0 Å². The second kappa shape index (κ2) is 10.2. The lowest BCUT2D eigenvalue weighted by molar-refractivity contribution is 0.143. The molecule has 0 aromatic heterocycles. The normalized spacial score (nSPS) is 12.7. The van der Waals surface area contributed by atoms with E-state index in [4.69, 9.17) is 9.47 Å². The van der Waals surface area contributed by atoms with Crippen LogP contribution in [0.5, 0.6) is 5.75 Å². The highest BCUT2D eigenvalue weighted by Gasteiger charge is 2.11. The lowest BCUT2D eigenvalue weighted by Gasteiger charge is -2.20. The summed E-state index contributed by atoms with van der Waals surface area (Å²) >= 11 is 3.52. The summed E-state index contributed by atoms with van der Waals surface area (Å²) < 4.78 is 12.5. The zero-order chi connectivity index (χ0) is 15.7. The van der Waals surface area contributed by atoms with Gasteiger partial charge in [-0.15, -0.1) is 0 Å². The molecular weight excluding hydrogens is 330 g/mol. The van der Waals surface area contributed by atoms with E-state index in [9.17, 15) is 0 Å². The molecule has 1 atom stereocenters. The minimum absolute atomic E-state index is 0.149. The maximum absolute atomic E-state index is 6.07. The number of hydrogen-bond acceptors (Lipinski definition) is 3. The molecule has 0 heterocycles. The molecule has 1 aromatic rings. The molecule has 0 saturated heterocycles. The van der Waals surface area contributed by atoms with Crippen LogP contribution < -0.4 is 10.1 Å². The summed E-state index contributed by atoms with van der Waals surface area (Å²) in [7, 11) is 0. The van der Waals surface area contributed by atoms with Crippen LogP contribution in [0, 0.1) is 0 Å². The molecule has 0 radical (unpaired) electrons. The van der Waals surface area contributed by atoms with Gasteiger partial charge in [0.25, 0.3) is 0 Å². The number of benzene rings is 1. The van der Waals surface area contributed by atoms with Gasteiger partial charge >= 0.3 is 0 Å². The Morgan fingerprint density at radius 1 is 1.24 bits per heavy atom. The molecule has 4 heteroatoms. The van der Waals surface area contributed by atoms with E-state index in [1.165, 1.54) is 5.56 Å². The largest absolute Gasteiger partial charge is 0.489 e. The average molecular weight is 358 g/mol. The summed E-state index contributed by atoms with van der Waals surface area (Å²) in [6, 6.07) is 6.22. The number of hydrogen-bond donors (Lipinski definition) is 1. The van der Waals surface area contributed by atoms with Crippen LogP contribution in [0.2, 0.25) is 0 Å². The zero-order valence-electron chi connectivity index (χ0n) is 13.6. The van der Waals surface area contributed by atoms with Crippen LogP contribution in [0.3, 0.4) is 0 Å². The standard InChI is InChI=1S/C17H28BrNO2/c1-5-20-10-6-9-19-12-14(4)21-17-8-7-15(18)11-16(17)13(2)3/h7-8,11,13-14,19H,5-6,9-10,12H2,1-4H3. The Morgan fingerprint density at radius 2 is 2.00 bits per heavy atom. The molecule has 120 valence electrons. The van der Waals surface area contributed by atoms with Gasteiger partial charge in [0.15, 0.2) is 0 Å². The fourth-order valence-electron chi connectivity index (χ4n) is 2.09. The molecule has 1 unspecified atom stereocenters. The topological polar surface area (TPSA) is 30.5 Å². The van der Waals surface area contributed by atoms with Crippen molar-refractivity contribution < 1.29 is 9.47 Å². The van der Waals surface area contributed by atoms with E-state index >= 15 is 0 Å². The molecule has 1 N–H and O–H groups in total. The first-order valence-corrected chi connectivity index (χ1v) is 8.58. The first-order chi connectivity index (χ1) is 10.0. The highest BCUT2D eigenvalue weighted by Crippen LogP contribution is 2.30. The van der Waals surface area contributed by atoms with Gasteiger partial charge in [-0.3, -0.25) is 0 Å². The van der Waals surface area contributed by atoms with Gasteiger partial charge in [0.1, 0.15) is 11.9 Å². The highest BCUT2D eigenvalue weighted by atomic mass is 79.9. The van der Waals surface area contributed by atoms with E-state index in [0.717, 1.165) is 42.9 Å². The summed E-state index contributed by atoms with van der Waals surface area (Å²) in [5, 5.41) is 3.41. The van der Waals surface area contributed by atoms with E-state index in [0.29, 0.717) is 5.92 Å². The molecule has 3 nitrogen and oxygen atoms in total. The van der Waals surface area contributed by atoms with Crippen molar-refractivity contribution in [3.8, 4) is 5.75 Å². The quantitative estimate of drug-likeness (QED) is 0.631. The lowest BCUT2D eigenvalue weighted by Crippen LogP contribution is -2.30. The number of rotatable bonds is 10. The van der Waals surface area contributed by atoms with Crippen molar-refractivity contribution in [1.82, 2.24) is 5.32 Å². The Balaban J connectivity index is 2.39. The van der Waals surface area contributed by atoms with Crippen molar-refractivity contribution in [2.24, 2.45) is 0 Å². The van der Waals surface area contributed by atoms with E-state index in [1.807, 2.05) is 19.1 Å². The van der Waals surface area contributed by atoms with Crippen LogP contribution in [0.25, 0.3) is 0 Å². The highest BCUT2D eigenvalue weighted by molar-refractivity contribution is 9.10. The van der Waals surface area contributed by atoms with Crippen molar-refractivity contribution >= 4 is 15.9 Å². The predicted octanol–water partition coefficient (Wildman–Crippen LogP) is 4.36. The van der Waals surface area contributed by atoms with Gasteiger partial charge in [-0.05, 0) is 56.5 Å². The third-order valence-corrected chi connectivity index (χ3v) is 3.69. The minimum atomic E-state index is 0.149. The SMILES string of the molecule is CCOCCCNCC(C)Oc1ccc(Br)cc1C(C)C. The Hall–Kier alpha value is -0.580. The molecule has 0 aliphatic rings. The summed E-state index contributed by atoms with van der Waals surface area (Å²) in [6.07, 6.45) is 1.19. The summed E-state index contributed by atoms with van der Waals surface area (Å²) in [5.41, 5.74) is 1.24. The van der Waals surface area contributed by atoms with Gasteiger partial charge < -0.3 is 14.8 Å². The van der Waals surface area contributed by atoms with Crippen LogP contribution in [0.4, 0.5) is 0 Å². The molecule has 21 heavy (non-hydrogen) atoms. The van der Waals surface area contributed by atoms with Gasteiger partial charge in [-0.25, -0.2) is 0 Å². The van der Waals surface area contributed by atoms with E-state index in [2.05, 4.69) is 48.1 Å². The smallest absolute Gasteiger partial charge is 0.123 e. The van der Waals surface area contributed by atoms with Gasteiger partial charge in [0.05, 0.1) is 0 Å². The number of halogens is 1. The fraction of sp³-hybridized carbons (Fsp3) is 0.647. The van der Waals surface area contributed by atoms with E-state index in [1.54, 1.807) is 0 Å². The molecule has 1 aromatic carbocycles. The molecule has 0 fully saturated rings. The van der Waals surface area contributed by atoms with Gasteiger partial charge in [-0.1, -0.05) is 29.8 Å². The molecule has 0 aliphatic heterocycles. The zero-order valence-corrected chi connectivity index (χ0v) is 15.2. The van der Waals surface area contributed by atoms with Crippen molar-refractivity contribution in [2.75, 3.05) is 26.3 Å². The summed E-state index contributed by atoms with van der Waals surface area (Å²) in [5.74, 6) is 1.43. The second-order valence-electron chi connectivity index (χ2n) is 5.52. The molecule has 0 aliphatic carbocycles. The Morgan fingerprint density at radius 3 is 2.67 bits per heavy atom. The fourth-order valence-corrected chi connectivity index (χ4v) is 2.46. The molecule has 0 saturated carbocycles. The minimum Gasteiger partial charge on any atom is -0.489 e. The number of nitrogens with one attached hydrogen (secondary N) is 1. The molecule has 0 amide bonds. The van der Waals surface area contributed by atoms with Crippen LogP contribution >= 0.6 is 15.9 Å². The first kappa shape index (κ1) is 18.5. The number of ether oxygens (including phenoxy) is 2. The van der Waals surface area contributed by atoms with Crippen molar-refractivity contribution in [3.63, 3.8) is 0 Å². The molecule has 1 rings (SSSR count). The second-order valence-corrected chi connectivity index (χ2v) is 6.44. The Kier molecular flexibility index (Phi) is 8.97. The maximum Gasteiger partial charge on any atom is 0.123 e. The lowest BCUT2D eigenvalue weighted by atomic mass is 10.0.